The van der Waals surface area contributed by atoms with Crippen molar-refractivity contribution in [3.8, 4) is 11.5 Å². The van der Waals surface area contributed by atoms with E-state index >= 15 is 0 Å². The zero-order chi connectivity index (χ0) is 21.9. The monoisotopic (exact) mass is 479 g/mol. The Bertz CT molecular complexity index is 904. The third-order valence-corrected chi connectivity index (χ3v) is 4.44. The van der Waals surface area contributed by atoms with Gasteiger partial charge in [-0.1, -0.05) is 13.3 Å². The standard InChI is InChI=1S/C21H23BrFN3O4/c1-3-4-9-30-21-17(22)10-14(11-18(21)29-2)13-24-26-20(28)12-19(27)25-16-7-5-15(23)6-8-16/h5-8,10-11,13H,3-4,9,12H2,1-2H3,(H,25,27)(H,26,28). The predicted octanol–water partition coefficient (Wildman–Crippen LogP) is 4.25. The van der Waals surface area contributed by atoms with Crippen molar-refractivity contribution in [2.24, 2.45) is 5.10 Å². The first-order valence-electron chi connectivity index (χ1n) is 9.30. The van der Waals surface area contributed by atoms with Gasteiger partial charge >= 0.3 is 0 Å². The SMILES string of the molecule is CCCCOc1c(Br)cc(C=NNC(=O)CC(=O)Nc2ccc(F)cc2)cc1OC. The number of carbonyl (C=O) groups is 2. The molecule has 30 heavy (non-hydrogen) atoms. The van der Waals surface area contributed by atoms with Crippen molar-refractivity contribution >= 4 is 39.6 Å². The van der Waals surface area contributed by atoms with Crippen LogP contribution >= 0.6 is 15.9 Å². The summed E-state index contributed by atoms with van der Waals surface area (Å²) in [6.07, 6.45) is 2.96. The Hall–Kier alpha value is -2.94. The molecule has 0 saturated heterocycles. The summed E-state index contributed by atoms with van der Waals surface area (Å²) in [4.78, 5) is 23.7. The highest BCUT2D eigenvalue weighted by atomic mass is 79.9. The van der Waals surface area contributed by atoms with E-state index in [0.717, 1.165) is 12.8 Å². The average molecular weight is 480 g/mol. The first kappa shape index (κ1) is 23.3. The molecule has 0 aromatic heterocycles. The molecule has 2 rings (SSSR count). The van der Waals surface area contributed by atoms with E-state index < -0.39 is 24.1 Å². The molecule has 160 valence electrons. The molecule has 0 fully saturated rings. The first-order chi connectivity index (χ1) is 14.4. The van der Waals surface area contributed by atoms with Crippen LogP contribution in [0.3, 0.4) is 0 Å². The molecule has 0 atom stereocenters. The molecular formula is C21H23BrFN3O4. The first-order valence-corrected chi connectivity index (χ1v) is 10.1. The van der Waals surface area contributed by atoms with Crippen LogP contribution in [0.2, 0.25) is 0 Å². The molecule has 2 amide bonds. The number of hydrogen-bond acceptors (Lipinski definition) is 5. The second-order valence-corrected chi connectivity index (χ2v) is 7.12. The van der Waals surface area contributed by atoms with Crippen molar-refractivity contribution in [3.05, 3.63) is 52.3 Å². The zero-order valence-corrected chi connectivity index (χ0v) is 18.3. The normalized spacial score (nSPS) is 10.7. The molecule has 0 bridgehead atoms. The summed E-state index contributed by atoms with van der Waals surface area (Å²) >= 11 is 3.45. The Balaban J connectivity index is 1.90. The smallest absolute Gasteiger partial charge is 0.249 e. The van der Waals surface area contributed by atoms with Gasteiger partial charge in [0.25, 0.3) is 0 Å². The molecule has 9 heteroatoms. The zero-order valence-electron chi connectivity index (χ0n) is 16.7. The molecule has 0 aliphatic heterocycles. The van der Waals surface area contributed by atoms with Crippen molar-refractivity contribution in [2.75, 3.05) is 19.0 Å². The minimum atomic E-state index is -0.587. The van der Waals surface area contributed by atoms with Crippen LogP contribution in [0.4, 0.5) is 10.1 Å². The van der Waals surface area contributed by atoms with E-state index in [-0.39, 0.29) is 0 Å². The van der Waals surface area contributed by atoms with Gasteiger partial charge in [-0.2, -0.15) is 5.10 Å². The molecule has 0 unspecified atom stereocenters. The second kappa shape index (κ2) is 11.9. The van der Waals surface area contributed by atoms with Gasteiger partial charge in [-0.25, -0.2) is 9.82 Å². The maximum absolute atomic E-state index is 12.9. The lowest BCUT2D eigenvalue weighted by atomic mass is 10.2. The lowest BCUT2D eigenvalue weighted by Crippen LogP contribution is -2.24. The topological polar surface area (TPSA) is 89.0 Å². The number of carbonyl (C=O) groups excluding carboxylic acids is 2. The van der Waals surface area contributed by atoms with E-state index in [4.69, 9.17) is 9.47 Å². The van der Waals surface area contributed by atoms with Gasteiger partial charge in [0.05, 0.1) is 24.4 Å². The van der Waals surface area contributed by atoms with Gasteiger partial charge in [-0.05, 0) is 64.3 Å². The molecule has 0 saturated carbocycles. The van der Waals surface area contributed by atoms with E-state index in [0.29, 0.717) is 33.8 Å². The number of nitrogens with one attached hydrogen (secondary N) is 2. The van der Waals surface area contributed by atoms with Gasteiger partial charge in [-0.15, -0.1) is 0 Å². The number of benzene rings is 2. The minimum Gasteiger partial charge on any atom is -0.493 e. The highest BCUT2D eigenvalue weighted by molar-refractivity contribution is 9.10. The Morgan fingerprint density at radius 2 is 1.93 bits per heavy atom. The minimum absolute atomic E-state index is 0.399. The number of hydrogen-bond donors (Lipinski definition) is 2. The molecule has 0 heterocycles. The summed E-state index contributed by atoms with van der Waals surface area (Å²) in [6.45, 7) is 2.66. The molecule has 2 aromatic rings. The fourth-order valence-electron chi connectivity index (χ4n) is 2.38. The van der Waals surface area contributed by atoms with Gasteiger partial charge in [0.15, 0.2) is 11.5 Å². The molecule has 0 aliphatic rings. The highest BCUT2D eigenvalue weighted by Crippen LogP contribution is 2.36. The molecule has 2 aromatic carbocycles. The molecule has 0 aliphatic carbocycles. The number of methoxy groups -OCH3 is 1. The van der Waals surface area contributed by atoms with E-state index in [9.17, 15) is 14.0 Å². The Morgan fingerprint density at radius 3 is 2.60 bits per heavy atom. The summed E-state index contributed by atoms with van der Waals surface area (Å²) in [6, 6.07) is 8.75. The number of halogens is 2. The Labute approximate surface area is 182 Å². The Kier molecular flexibility index (Phi) is 9.27. The number of amides is 2. The van der Waals surface area contributed by atoms with Crippen LogP contribution in [-0.2, 0) is 9.59 Å². The van der Waals surface area contributed by atoms with Crippen LogP contribution in [0.1, 0.15) is 31.7 Å². The summed E-state index contributed by atoms with van der Waals surface area (Å²) in [5, 5.41) is 6.37. The van der Waals surface area contributed by atoms with E-state index in [1.165, 1.54) is 37.6 Å². The molecule has 0 spiro atoms. The molecular weight excluding hydrogens is 457 g/mol. The molecule has 2 N–H and O–H groups in total. The van der Waals surface area contributed by atoms with Gasteiger partial charge in [-0.3, -0.25) is 9.59 Å². The van der Waals surface area contributed by atoms with Crippen molar-refractivity contribution in [3.63, 3.8) is 0 Å². The van der Waals surface area contributed by atoms with Crippen molar-refractivity contribution in [1.29, 1.82) is 0 Å². The number of anilines is 1. The average Bonchev–Trinajstić information content (AvgIpc) is 2.71. The van der Waals surface area contributed by atoms with Crippen LogP contribution in [0.25, 0.3) is 0 Å². The van der Waals surface area contributed by atoms with Crippen LogP contribution in [0.5, 0.6) is 11.5 Å². The maximum atomic E-state index is 12.9. The number of unbranched alkanes of at least 4 members (excludes halogenated alkanes) is 1. The number of ether oxygens (including phenoxy) is 2. The van der Waals surface area contributed by atoms with Crippen molar-refractivity contribution in [1.82, 2.24) is 5.43 Å². The van der Waals surface area contributed by atoms with Crippen LogP contribution < -0.4 is 20.2 Å². The van der Waals surface area contributed by atoms with E-state index in [2.05, 4.69) is 38.7 Å². The predicted molar refractivity (Wildman–Crippen MR) is 116 cm³/mol. The van der Waals surface area contributed by atoms with Crippen LogP contribution in [-0.4, -0.2) is 31.7 Å². The lowest BCUT2D eigenvalue weighted by Gasteiger charge is -2.13. The largest absolute Gasteiger partial charge is 0.493 e. The van der Waals surface area contributed by atoms with Crippen molar-refractivity contribution < 1.29 is 23.5 Å². The number of nitrogens with zero attached hydrogens (tertiary/aromatic N) is 1. The highest BCUT2D eigenvalue weighted by Gasteiger charge is 2.12. The van der Waals surface area contributed by atoms with Gasteiger partial charge < -0.3 is 14.8 Å². The number of hydrazone groups is 1. The third kappa shape index (κ3) is 7.47. The fraction of sp³-hybridized carbons (Fsp3) is 0.286. The molecule has 0 radical (unpaired) electrons. The number of rotatable bonds is 10. The van der Waals surface area contributed by atoms with Crippen LogP contribution in [0, 0.1) is 5.82 Å². The quantitative estimate of drug-likeness (QED) is 0.230. The lowest BCUT2D eigenvalue weighted by molar-refractivity contribution is -0.126. The van der Waals surface area contributed by atoms with Crippen molar-refractivity contribution in [2.45, 2.75) is 26.2 Å². The fourth-order valence-corrected chi connectivity index (χ4v) is 2.95. The summed E-state index contributed by atoms with van der Waals surface area (Å²) in [5.74, 6) is -0.399. The van der Waals surface area contributed by atoms with E-state index in [1.807, 2.05) is 0 Å². The summed E-state index contributed by atoms with van der Waals surface area (Å²) in [5.41, 5.74) is 3.36. The van der Waals surface area contributed by atoms with Gasteiger partial charge in [0.1, 0.15) is 12.2 Å². The summed E-state index contributed by atoms with van der Waals surface area (Å²) in [7, 11) is 1.54. The Morgan fingerprint density at radius 1 is 1.20 bits per heavy atom. The van der Waals surface area contributed by atoms with E-state index in [1.54, 1.807) is 12.1 Å². The maximum Gasteiger partial charge on any atom is 0.249 e. The summed E-state index contributed by atoms with van der Waals surface area (Å²) < 4.78 is 24.7. The van der Waals surface area contributed by atoms with Gasteiger partial charge in [0, 0.05) is 5.69 Å². The van der Waals surface area contributed by atoms with Crippen LogP contribution in [0.15, 0.2) is 46.0 Å². The molecule has 7 nitrogen and oxygen atoms in total. The second-order valence-electron chi connectivity index (χ2n) is 6.26. The van der Waals surface area contributed by atoms with Gasteiger partial charge in [0.2, 0.25) is 11.8 Å². The third-order valence-electron chi connectivity index (χ3n) is 3.85.